The molecule has 0 amide bonds. The first-order valence-corrected chi connectivity index (χ1v) is 12.8. The van der Waals surface area contributed by atoms with E-state index < -0.39 is 0 Å². The van der Waals surface area contributed by atoms with Crippen LogP contribution in [0.1, 0.15) is 0 Å². The summed E-state index contributed by atoms with van der Waals surface area (Å²) in [5.41, 5.74) is 12.6. The van der Waals surface area contributed by atoms with E-state index >= 15 is 0 Å². The molecule has 0 aliphatic rings. The third kappa shape index (κ3) is 5.32. The Bertz CT molecular complexity index is 1440. The molecule has 0 aliphatic heterocycles. The Morgan fingerprint density at radius 1 is 0.216 bits per heavy atom. The van der Waals surface area contributed by atoms with Gasteiger partial charge in [0.25, 0.3) is 0 Å². The van der Waals surface area contributed by atoms with Gasteiger partial charge in [-0.15, -0.1) is 0 Å². The largest absolute Gasteiger partial charge is 0.192 e. The fourth-order valence-electron chi connectivity index (χ4n) is 4.84. The van der Waals surface area contributed by atoms with Crippen LogP contribution >= 0.6 is 0 Å². The zero-order chi connectivity index (χ0) is 24.9. The lowest BCUT2D eigenvalue weighted by molar-refractivity contribution is 1.59. The summed E-state index contributed by atoms with van der Waals surface area (Å²) >= 11 is 0. The van der Waals surface area contributed by atoms with E-state index in [9.17, 15) is 0 Å². The summed E-state index contributed by atoms with van der Waals surface area (Å²) in [7, 11) is 0.931. The molecule has 6 aromatic carbocycles. The maximum atomic E-state index is 2.25. The first-order valence-electron chi connectivity index (χ1n) is 12.8. The van der Waals surface area contributed by atoms with Crippen molar-refractivity contribution in [3.05, 3.63) is 158 Å². The molecular formula is C36H27B. The zero-order valence-electron chi connectivity index (χ0n) is 20.7. The van der Waals surface area contributed by atoms with Gasteiger partial charge >= 0.3 is 0 Å². The molecule has 0 N–H and O–H groups in total. The summed E-state index contributed by atoms with van der Waals surface area (Å²) in [5, 5.41) is 0. The molecule has 0 radical (unpaired) electrons. The fourth-order valence-corrected chi connectivity index (χ4v) is 4.84. The maximum absolute atomic E-state index is 2.25. The summed E-state index contributed by atoms with van der Waals surface area (Å²) in [6, 6.07) is 56.6. The van der Waals surface area contributed by atoms with Gasteiger partial charge in [-0.05, 0) is 44.5 Å². The quantitative estimate of drug-likeness (QED) is 0.219. The van der Waals surface area contributed by atoms with Crippen molar-refractivity contribution < 1.29 is 0 Å². The molecule has 0 aromatic heterocycles. The topological polar surface area (TPSA) is 0 Å². The highest BCUT2D eigenvalue weighted by Gasteiger charge is 2.05. The molecule has 174 valence electrons. The minimum absolute atomic E-state index is 0.931. The normalized spacial score (nSPS) is 10.7. The minimum Gasteiger partial charge on any atom is -0.0785 e. The number of benzene rings is 6. The van der Waals surface area contributed by atoms with Crippen LogP contribution in [0.2, 0.25) is 0 Å². The van der Waals surface area contributed by atoms with Crippen LogP contribution in [0, 0.1) is 0 Å². The second-order valence-corrected chi connectivity index (χ2v) is 9.46. The summed E-state index contributed by atoms with van der Waals surface area (Å²) in [6.45, 7) is 0. The molecule has 0 saturated heterocycles. The van der Waals surface area contributed by atoms with Gasteiger partial charge in [0.2, 0.25) is 0 Å². The molecule has 0 heterocycles. The van der Waals surface area contributed by atoms with Crippen LogP contribution < -0.4 is 10.9 Å². The smallest absolute Gasteiger partial charge is 0.0785 e. The van der Waals surface area contributed by atoms with E-state index in [0.717, 1.165) is 7.28 Å². The molecule has 0 fully saturated rings. The fraction of sp³-hybridized carbons (Fsp3) is 0. The van der Waals surface area contributed by atoms with Crippen molar-refractivity contribution in [3.63, 3.8) is 0 Å². The predicted molar refractivity (Wildman–Crippen MR) is 161 cm³/mol. The molecule has 0 saturated carbocycles. The molecule has 0 bridgehead atoms. The van der Waals surface area contributed by atoms with Gasteiger partial charge in [-0.3, -0.25) is 0 Å². The van der Waals surface area contributed by atoms with Crippen molar-refractivity contribution in [2.75, 3.05) is 0 Å². The van der Waals surface area contributed by atoms with Gasteiger partial charge < -0.3 is 0 Å². The van der Waals surface area contributed by atoms with Gasteiger partial charge in [-0.1, -0.05) is 169 Å². The molecule has 0 atom stereocenters. The van der Waals surface area contributed by atoms with Crippen LogP contribution in [-0.4, -0.2) is 7.28 Å². The van der Waals surface area contributed by atoms with Gasteiger partial charge in [0.1, 0.15) is 0 Å². The van der Waals surface area contributed by atoms with Gasteiger partial charge in [0, 0.05) is 0 Å². The predicted octanol–water partition coefficient (Wildman–Crippen LogP) is 7.74. The van der Waals surface area contributed by atoms with Crippen LogP contribution in [0.25, 0.3) is 44.5 Å². The Labute approximate surface area is 220 Å². The van der Waals surface area contributed by atoms with Crippen LogP contribution in [0.5, 0.6) is 0 Å². The minimum atomic E-state index is 0.931. The van der Waals surface area contributed by atoms with Crippen LogP contribution in [0.4, 0.5) is 0 Å². The van der Waals surface area contributed by atoms with Crippen LogP contribution in [0.15, 0.2) is 158 Å². The molecule has 6 rings (SSSR count). The van der Waals surface area contributed by atoms with Gasteiger partial charge in [0.05, 0.1) is 0 Å². The van der Waals surface area contributed by atoms with E-state index in [1.165, 1.54) is 55.4 Å². The SMILES string of the molecule is B(c1ccc(-c2ccc(-c3ccccc3)cc2)cc1)c1ccc(-c2ccc(-c3ccccc3)cc2)cc1. The van der Waals surface area contributed by atoms with Crippen molar-refractivity contribution in [3.8, 4) is 44.5 Å². The monoisotopic (exact) mass is 470 g/mol. The van der Waals surface area contributed by atoms with Crippen molar-refractivity contribution in [1.29, 1.82) is 0 Å². The Balaban J connectivity index is 1.11. The second kappa shape index (κ2) is 10.6. The molecule has 0 aliphatic carbocycles. The molecule has 0 nitrogen and oxygen atoms in total. The first kappa shape index (κ1) is 22.8. The van der Waals surface area contributed by atoms with Gasteiger partial charge in [-0.2, -0.15) is 0 Å². The molecular weight excluding hydrogens is 443 g/mol. The standard InChI is InChI=1S/C36H27B/c1-3-7-27(8-4-1)29-11-15-31(16-12-29)33-19-23-35(24-20-33)37-36-25-21-34(22-26-36)32-17-13-30(14-18-32)28-9-5-2-6-10-28/h1-26,37H. The van der Waals surface area contributed by atoms with E-state index in [2.05, 4.69) is 158 Å². The first-order chi connectivity index (χ1) is 18.3. The highest BCUT2D eigenvalue weighted by atomic mass is 14.1. The maximum Gasteiger partial charge on any atom is 0.192 e. The van der Waals surface area contributed by atoms with Gasteiger partial charge in [0.15, 0.2) is 7.28 Å². The Kier molecular flexibility index (Phi) is 6.51. The van der Waals surface area contributed by atoms with Crippen LogP contribution in [-0.2, 0) is 0 Å². The summed E-state index contributed by atoms with van der Waals surface area (Å²) in [5.74, 6) is 0. The van der Waals surface area contributed by atoms with Crippen molar-refractivity contribution >= 4 is 18.2 Å². The average molecular weight is 470 g/mol. The molecule has 6 aromatic rings. The summed E-state index contributed by atoms with van der Waals surface area (Å²) < 4.78 is 0. The third-order valence-corrected chi connectivity index (χ3v) is 6.97. The summed E-state index contributed by atoms with van der Waals surface area (Å²) in [6.07, 6.45) is 0. The second-order valence-electron chi connectivity index (χ2n) is 9.46. The third-order valence-electron chi connectivity index (χ3n) is 6.97. The van der Waals surface area contributed by atoms with E-state index in [1.54, 1.807) is 0 Å². The Hall–Kier alpha value is -4.62. The molecule has 37 heavy (non-hydrogen) atoms. The molecule has 1 heteroatoms. The number of hydrogen-bond acceptors (Lipinski definition) is 0. The van der Waals surface area contributed by atoms with E-state index in [4.69, 9.17) is 0 Å². The summed E-state index contributed by atoms with van der Waals surface area (Å²) in [4.78, 5) is 0. The number of rotatable bonds is 6. The van der Waals surface area contributed by atoms with E-state index in [-0.39, 0.29) is 0 Å². The lowest BCUT2D eigenvalue weighted by atomic mass is 9.64. The van der Waals surface area contributed by atoms with Gasteiger partial charge in [-0.25, -0.2) is 0 Å². The molecule has 0 unspecified atom stereocenters. The van der Waals surface area contributed by atoms with Crippen molar-refractivity contribution in [2.45, 2.75) is 0 Å². The average Bonchev–Trinajstić information content (AvgIpc) is 2.99. The number of hydrogen-bond donors (Lipinski definition) is 0. The van der Waals surface area contributed by atoms with E-state index in [0.29, 0.717) is 0 Å². The highest BCUT2D eigenvalue weighted by molar-refractivity contribution is 6.67. The zero-order valence-corrected chi connectivity index (χ0v) is 20.7. The van der Waals surface area contributed by atoms with Crippen molar-refractivity contribution in [2.24, 2.45) is 0 Å². The Morgan fingerprint density at radius 3 is 0.703 bits per heavy atom. The van der Waals surface area contributed by atoms with Crippen molar-refractivity contribution in [1.82, 2.24) is 0 Å². The lowest BCUT2D eigenvalue weighted by Gasteiger charge is -2.08. The lowest BCUT2D eigenvalue weighted by Crippen LogP contribution is -2.26. The Morgan fingerprint density at radius 2 is 0.432 bits per heavy atom. The molecule has 0 spiro atoms. The highest BCUT2D eigenvalue weighted by Crippen LogP contribution is 2.25. The van der Waals surface area contributed by atoms with Crippen LogP contribution in [0.3, 0.4) is 0 Å². The van der Waals surface area contributed by atoms with E-state index in [1.807, 2.05) is 0 Å².